The molecule has 1 aromatic carbocycles. The summed E-state index contributed by atoms with van der Waals surface area (Å²) in [6, 6.07) is 16.7. The highest BCUT2D eigenvalue weighted by molar-refractivity contribution is 7.13. The maximum atomic E-state index is 11.1. The highest BCUT2D eigenvalue weighted by Crippen LogP contribution is 2.38. The second-order valence-electron chi connectivity index (χ2n) is 6.14. The Morgan fingerprint density at radius 3 is 2.66 bits per heavy atom. The van der Waals surface area contributed by atoms with Gasteiger partial charge in [0.25, 0.3) is 5.91 Å². The summed E-state index contributed by atoms with van der Waals surface area (Å²) in [4.78, 5) is 24.0. The molecule has 4 aromatic rings. The highest BCUT2D eigenvalue weighted by Gasteiger charge is 2.14. The zero-order valence-corrected chi connectivity index (χ0v) is 16.3. The van der Waals surface area contributed by atoms with Crippen LogP contribution in [0, 0.1) is 6.92 Å². The third kappa shape index (κ3) is 4.39. The predicted molar refractivity (Wildman–Crippen MR) is 113 cm³/mol. The van der Waals surface area contributed by atoms with Crippen LogP contribution in [0.3, 0.4) is 0 Å². The number of carbonyl (C=O) groups excluding carboxylic acids is 1. The van der Waals surface area contributed by atoms with Crippen molar-refractivity contribution < 1.29 is 9.53 Å². The zero-order valence-electron chi connectivity index (χ0n) is 15.5. The molecule has 0 fully saturated rings. The zero-order chi connectivity index (χ0) is 20.2. The van der Waals surface area contributed by atoms with Gasteiger partial charge in [-0.25, -0.2) is 15.0 Å². The van der Waals surface area contributed by atoms with Crippen molar-refractivity contribution in [3.05, 3.63) is 77.7 Å². The summed E-state index contributed by atoms with van der Waals surface area (Å²) < 4.78 is 6.11. The Kier molecular flexibility index (Phi) is 5.17. The molecule has 0 bridgehead atoms. The largest absolute Gasteiger partial charge is 0.444 e. The minimum absolute atomic E-state index is 0.203. The Labute approximate surface area is 171 Å². The van der Waals surface area contributed by atoms with Crippen molar-refractivity contribution in [2.24, 2.45) is 5.73 Å². The van der Waals surface area contributed by atoms with E-state index in [0.29, 0.717) is 17.3 Å². The second kappa shape index (κ2) is 8.07. The smallest absolute Gasteiger partial charge is 0.267 e. The van der Waals surface area contributed by atoms with E-state index in [1.807, 2.05) is 37.3 Å². The van der Waals surface area contributed by atoms with Crippen molar-refractivity contribution in [1.29, 1.82) is 0 Å². The van der Waals surface area contributed by atoms with Gasteiger partial charge in [0.1, 0.15) is 23.0 Å². The molecule has 0 spiro atoms. The normalized spacial score (nSPS) is 10.5. The number of hydrogen-bond donors (Lipinski definition) is 2. The molecule has 0 atom stereocenters. The number of ether oxygens (including phenoxy) is 1. The Hall–Kier alpha value is -3.78. The number of amides is 1. The molecule has 29 heavy (non-hydrogen) atoms. The fourth-order valence-corrected chi connectivity index (χ4v) is 3.47. The Bertz CT molecular complexity index is 1140. The quantitative estimate of drug-likeness (QED) is 0.490. The van der Waals surface area contributed by atoms with Gasteiger partial charge in [-0.2, -0.15) is 0 Å². The van der Waals surface area contributed by atoms with Crippen LogP contribution in [-0.4, -0.2) is 20.9 Å². The average molecular weight is 403 g/mol. The van der Waals surface area contributed by atoms with E-state index >= 15 is 0 Å². The fourth-order valence-electron chi connectivity index (χ4n) is 2.67. The topological polar surface area (TPSA) is 103 Å². The van der Waals surface area contributed by atoms with E-state index in [9.17, 15) is 4.79 Å². The van der Waals surface area contributed by atoms with Crippen LogP contribution in [-0.2, 0) is 0 Å². The lowest BCUT2D eigenvalue weighted by Crippen LogP contribution is -2.12. The second-order valence-corrected chi connectivity index (χ2v) is 7.30. The van der Waals surface area contributed by atoms with Crippen molar-refractivity contribution in [3.8, 4) is 22.1 Å². The van der Waals surface area contributed by atoms with E-state index in [2.05, 4.69) is 20.3 Å². The minimum atomic E-state index is -0.570. The molecule has 7 nitrogen and oxygen atoms in total. The molecular weight excluding hydrogens is 386 g/mol. The number of nitrogens with one attached hydrogen (secondary N) is 1. The molecule has 0 aliphatic carbocycles. The molecule has 8 heteroatoms. The Balaban J connectivity index is 1.55. The van der Waals surface area contributed by atoms with Gasteiger partial charge in [0, 0.05) is 17.8 Å². The van der Waals surface area contributed by atoms with E-state index in [1.165, 1.54) is 17.5 Å². The molecule has 0 saturated heterocycles. The van der Waals surface area contributed by atoms with Gasteiger partial charge < -0.3 is 15.8 Å². The number of aromatic nitrogens is 3. The number of nitrogens with zero attached hydrogens (tertiary/aromatic N) is 3. The Morgan fingerprint density at radius 2 is 1.93 bits per heavy atom. The van der Waals surface area contributed by atoms with Gasteiger partial charge in [0.15, 0.2) is 0 Å². The maximum absolute atomic E-state index is 11.1. The molecule has 0 radical (unpaired) electrons. The number of primary amides is 1. The van der Waals surface area contributed by atoms with Crippen LogP contribution in [0.5, 0.6) is 10.8 Å². The van der Waals surface area contributed by atoms with E-state index in [1.54, 1.807) is 30.5 Å². The van der Waals surface area contributed by atoms with E-state index in [4.69, 9.17) is 10.5 Å². The summed E-state index contributed by atoms with van der Waals surface area (Å²) in [6.07, 6.45) is 3.17. The molecule has 3 aromatic heterocycles. The number of anilines is 2. The van der Waals surface area contributed by atoms with Crippen molar-refractivity contribution in [3.63, 3.8) is 0 Å². The van der Waals surface area contributed by atoms with Gasteiger partial charge in [-0.15, -0.1) is 0 Å². The van der Waals surface area contributed by atoms with E-state index in [-0.39, 0.29) is 5.69 Å². The molecule has 0 unspecified atom stereocenters. The molecule has 144 valence electrons. The van der Waals surface area contributed by atoms with E-state index < -0.39 is 5.91 Å². The molecule has 3 N–H and O–H groups in total. The van der Waals surface area contributed by atoms with Gasteiger partial charge in [-0.05, 0) is 25.1 Å². The van der Waals surface area contributed by atoms with Gasteiger partial charge >= 0.3 is 0 Å². The number of carbonyl (C=O) groups is 1. The molecule has 0 aliphatic rings. The first kappa shape index (κ1) is 18.6. The minimum Gasteiger partial charge on any atom is -0.444 e. The van der Waals surface area contributed by atoms with Crippen molar-refractivity contribution in [1.82, 2.24) is 15.0 Å². The number of rotatable bonds is 6. The van der Waals surface area contributed by atoms with Crippen molar-refractivity contribution in [2.45, 2.75) is 6.92 Å². The molecule has 1 amide bonds. The summed E-state index contributed by atoms with van der Waals surface area (Å²) >= 11 is 1.49. The van der Waals surface area contributed by atoms with Crippen molar-refractivity contribution in [2.75, 3.05) is 5.32 Å². The first-order valence-corrected chi connectivity index (χ1v) is 9.60. The van der Waals surface area contributed by atoms with Crippen LogP contribution >= 0.6 is 11.3 Å². The molecular formula is C21H17N5O2S. The van der Waals surface area contributed by atoms with Crippen LogP contribution in [0.1, 0.15) is 15.5 Å². The standard InChI is InChI=1S/C21H17N5O2S/c1-13-25-19(14-5-3-2-4-6-14)21(29-13)28-16-9-10-23-18(11-16)26-15-7-8-17(20(22)27)24-12-15/h2-12H,1H3,(H2,22,27)(H,23,26). The van der Waals surface area contributed by atoms with Gasteiger partial charge in [-0.3, -0.25) is 4.79 Å². The third-order valence-electron chi connectivity index (χ3n) is 3.98. The summed E-state index contributed by atoms with van der Waals surface area (Å²) in [5.41, 5.74) is 7.90. The van der Waals surface area contributed by atoms with Crippen LogP contribution in [0.4, 0.5) is 11.5 Å². The lowest BCUT2D eigenvalue weighted by Gasteiger charge is -2.09. The van der Waals surface area contributed by atoms with Crippen LogP contribution in [0.25, 0.3) is 11.3 Å². The number of pyridine rings is 2. The molecule has 3 heterocycles. The number of thiazole rings is 1. The predicted octanol–water partition coefficient (Wildman–Crippen LogP) is 4.54. The molecule has 0 aliphatic heterocycles. The van der Waals surface area contributed by atoms with E-state index in [0.717, 1.165) is 21.3 Å². The van der Waals surface area contributed by atoms with Crippen LogP contribution < -0.4 is 15.8 Å². The van der Waals surface area contributed by atoms with Gasteiger partial charge in [0.2, 0.25) is 5.06 Å². The first-order valence-electron chi connectivity index (χ1n) is 8.78. The van der Waals surface area contributed by atoms with Crippen LogP contribution in [0.2, 0.25) is 0 Å². The summed E-state index contributed by atoms with van der Waals surface area (Å²) in [6.45, 7) is 1.95. The highest BCUT2D eigenvalue weighted by atomic mass is 32.1. The fraction of sp³-hybridized carbons (Fsp3) is 0.0476. The third-order valence-corrected chi connectivity index (χ3v) is 4.83. The Morgan fingerprint density at radius 1 is 1.10 bits per heavy atom. The number of benzene rings is 1. The summed E-state index contributed by atoms with van der Waals surface area (Å²) in [7, 11) is 0. The number of aryl methyl sites for hydroxylation is 1. The SMILES string of the molecule is Cc1nc(-c2ccccc2)c(Oc2ccnc(Nc3ccc(C(N)=O)nc3)c2)s1. The van der Waals surface area contributed by atoms with Crippen molar-refractivity contribution >= 4 is 28.7 Å². The summed E-state index contributed by atoms with van der Waals surface area (Å²) in [5.74, 6) is 0.641. The monoisotopic (exact) mass is 403 g/mol. The maximum Gasteiger partial charge on any atom is 0.267 e. The number of nitrogens with two attached hydrogens (primary N) is 1. The number of hydrogen-bond acceptors (Lipinski definition) is 7. The average Bonchev–Trinajstić information content (AvgIpc) is 3.09. The first-order chi connectivity index (χ1) is 14.1. The summed E-state index contributed by atoms with van der Waals surface area (Å²) in [5, 5.41) is 4.77. The molecule has 0 saturated carbocycles. The lowest BCUT2D eigenvalue weighted by atomic mass is 10.2. The van der Waals surface area contributed by atoms with Gasteiger partial charge in [0.05, 0.1) is 16.9 Å². The van der Waals surface area contributed by atoms with Gasteiger partial charge in [-0.1, -0.05) is 41.7 Å². The molecule has 4 rings (SSSR count). The van der Waals surface area contributed by atoms with Crippen LogP contribution in [0.15, 0.2) is 67.0 Å². The lowest BCUT2D eigenvalue weighted by molar-refractivity contribution is 0.0995.